The average Bonchev–Trinajstić information content (AvgIpc) is 1.65. The minimum Gasteiger partial charge on any atom is -0.378 e. The van der Waals surface area contributed by atoms with Crippen LogP contribution in [0.15, 0.2) is 0 Å². The summed E-state index contributed by atoms with van der Waals surface area (Å²) in [6, 6.07) is 0.694. The average molecular weight is 131 g/mol. The first-order valence-electron chi connectivity index (χ1n) is 3.55. The van der Waals surface area contributed by atoms with Gasteiger partial charge in [0.25, 0.3) is 0 Å². The molecule has 0 atom stereocenters. The van der Waals surface area contributed by atoms with E-state index < -0.39 is 0 Å². The lowest BCUT2D eigenvalue weighted by Gasteiger charge is -2.31. The summed E-state index contributed by atoms with van der Waals surface area (Å²) in [5.41, 5.74) is 0. The maximum atomic E-state index is 4.95. The molecule has 2 nitrogen and oxygen atoms in total. The molecule has 1 fully saturated rings. The smallest absolute Gasteiger partial charge is 0.0644 e. The number of likely N-dealkylation sites (N-methyl/N-ethyl adjacent to an activating group) is 1. The predicted octanol–water partition coefficient (Wildman–Crippen LogP) is 0.973. The third-order valence-electron chi connectivity index (χ3n) is 1.35. The Hall–Kier alpha value is -0.0800. The molecule has 0 spiro atoms. The van der Waals surface area contributed by atoms with Crippen LogP contribution in [0.4, 0.5) is 0 Å². The van der Waals surface area contributed by atoms with Gasteiger partial charge in [-0.15, -0.1) is 0 Å². The Labute approximate surface area is 57.8 Å². The summed E-state index contributed by atoms with van der Waals surface area (Å²) in [7, 11) is 4.15. The molecule has 9 heavy (non-hydrogen) atoms. The monoisotopic (exact) mass is 131 g/mol. The highest BCUT2D eigenvalue weighted by atomic mass is 16.5. The normalized spacial score (nSPS) is 18.3. The Bertz CT molecular complexity index is 59.9. The van der Waals surface area contributed by atoms with Crippen molar-refractivity contribution in [1.29, 1.82) is 0 Å². The SMILES string of the molecule is CC.CN(C)C1COC1. The number of ether oxygens (including phenoxy) is 1. The number of hydrogen-bond donors (Lipinski definition) is 0. The van der Waals surface area contributed by atoms with E-state index >= 15 is 0 Å². The van der Waals surface area contributed by atoms with E-state index in [0.29, 0.717) is 6.04 Å². The van der Waals surface area contributed by atoms with Gasteiger partial charge in [-0.3, -0.25) is 0 Å². The van der Waals surface area contributed by atoms with Crippen molar-refractivity contribution < 1.29 is 4.74 Å². The van der Waals surface area contributed by atoms with Crippen molar-refractivity contribution in [3.63, 3.8) is 0 Å². The van der Waals surface area contributed by atoms with Crippen molar-refractivity contribution >= 4 is 0 Å². The molecule has 1 rings (SSSR count). The minimum absolute atomic E-state index is 0.694. The topological polar surface area (TPSA) is 12.5 Å². The highest BCUT2D eigenvalue weighted by Crippen LogP contribution is 2.04. The summed E-state index contributed by atoms with van der Waals surface area (Å²) >= 11 is 0. The van der Waals surface area contributed by atoms with E-state index in [2.05, 4.69) is 19.0 Å². The van der Waals surface area contributed by atoms with Gasteiger partial charge in [-0.25, -0.2) is 0 Å². The van der Waals surface area contributed by atoms with Crippen LogP contribution in [0.3, 0.4) is 0 Å². The molecule has 1 aliphatic rings. The number of rotatable bonds is 1. The molecule has 0 aromatic carbocycles. The summed E-state index contributed by atoms with van der Waals surface area (Å²) in [5.74, 6) is 0. The van der Waals surface area contributed by atoms with Crippen LogP contribution in [-0.2, 0) is 4.74 Å². The predicted molar refractivity (Wildman–Crippen MR) is 39.6 cm³/mol. The number of nitrogens with zero attached hydrogens (tertiary/aromatic N) is 1. The van der Waals surface area contributed by atoms with Crippen LogP contribution in [0.25, 0.3) is 0 Å². The van der Waals surface area contributed by atoms with Gasteiger partial charge in [-0.05, 0) is 14.1 Å². The zero-order valence-corrected chi connectivity index (χ0v) is 6.85. The van der Waals surface area contributed by atoms with Crippen LogP contribution in [-0.4, -0.2) is 38.3 Å². The van der Waals surface area contributed by atoms with E-state index in [-0.39, 0.29) is 0 Å². The second kappa shape index (κ2) is 4.77. The first kappa shape index (κ1) is 8.92. The fourth-order valence-corrected chi connectivity index (χ4v) is 0.521. The molecular weight excluding hydrogens is 114 g/mol. The van der Waals surface area contributed by atoms with E-state index in [1.807, 2.05) is 13.8 Å². The largest absolute Gasteiger partial charge is 0.378 e. The molecule has 1 aliphatic heterocycles. The highest BCUT2D eigenvalue weighted by molar-refractivity contribution is 4.71. The first-order valence-corrected chi connectivity index (χ1v) is 3.55. The summed E-state index contributed by atoms with van der Waals surface area (Å²) in [4.78, 5) is 2.18. The van der Waals surface area contributed by atoms with E-state index in [9.17, 15) is 0 Å². The molecule has 2 heteroatoms. The Morgan fingerprint density at radius 3 is 1.67 bits per heavy atom. The molecule has 1 saturated heterocycles. The molecule has 0 aromatic heterocycles. The second-order valence-electron chi connectivity index (χ2n) is 2.15. The maximum Gasteiger partial charge on any atom is 0.0644 e. The fraction of sp³-hybridized carbons (Fsp3) is 1.00. The van der Waals surface area contributed by atoms with Crippen LogP contribution in [0.5, 0.6) is 0 Å². The third-order valence-corrected chi connectivity index (χ3v) is 1.35. The quantitative estimate of drug-likeness (QED) is 0.526. The van der Waals surface area contributed by atoms with Gasteiger partial charge in [0.1, 0.15) is 0 Å². The van der Waals surface area contributed by atoms with E-state index in [0.717, 1.165) is 13.2 Å². The van der Waals surface area contributed by atoms with Crippen LogP contribution in [0.2, 0.25) is 0 Å². The van der Waals surface area contributed by atoms with E-state index in [1.165, 1.54) is 0 Å². The van der Waals surface area contributed by atoms with E-state index in [4.69, 9.17) is 4.74 Å². The Balaban J connectivity index is 0.000000291. The van der Waals surface area contributed by atoms with Gasteiger partial charge in [0, 0.05) is 0 Å². The molecule has 0 unspecified atom stereocenters. The molecule has 56 valence electrons. The summed E-state index contributed by atoms with van der Waals surface area (Å²) in [6.45, 7) is 5.85. The van der Waals surface area contributed by atoms with Crippen LogP contribution in [0.1, 0.15) is 13.8 Å². The van der Waals surface area contributed by atoms with Gasteiger partial charge in [0.15, 0.2) is 0 Å². The van der Waals surface area contributed by atoms with Crippen molar-refractivity contribution in [3.05, 3.63) is 0 Å². The third kappa shape index (κ3) is 2.82. The molecule has 0 saturated carbocycles. The lowest BCUT2D eigenvalue weighted by molar-refractivity contribution is -0.0477. The molecule has 0 radical (unpaired) electrons. The zero-order chi connectivity index (χ0) is 7.28. The van der Waals surface area contributed by atoms with Crippen LogP contribution >= 0.6 is 0 Å². The van der Waals surface area contributed by atoms with Crippen molar-refractivity contribution in [2.45, 2.75) is 19.9 Å². The number of hydrogen-bond acceptors (Lipinski definition) is 2. The summed E-state index contributed by atoms with van der Waals surface area (Å²) in [6.07, 6.45) is 0. The summed E-state index contributed by atoms with van der Waals surface area (Å²) < 4.78 is 4.95. The van der Waals surface area contributed by atoms with Crippen molar-refractivity contribution in [2.75, 3.05) is 27.3 Å². The van der Waals surface area contributed by atoms with Crippen molar-refractivity contribution in [1.82, 2.24) is 4.90 Å². The standard InChI is InChI=1S/C5H11NO.C2H6/c1-6(2)5-3-7-4-5;1-2/h5H,3-4H2,1-2H3;1-2H3. The second-order valence-corrected chi connectivity index (χ2v) is 2.15. The lowest BCUT2D eigenvalue weighted by atomic mass is 10.2. The Morgan fingerprint density at radius 2 is 1.67 bits per heavy atom. The van der Waals surface area contributed by atoms with Gasteiger partial charge in [-0.1, -0.05) is 13.8 Å². The van der Waals surface area contributed by atoms with Gasteiger partial charge in [-0.2, -0.15) is 0 Å². The molecule has 0 N–H and O–H groups in total. The molecule has 0 aromatic rings. The molecule has 0 amide bonds. The minimum atomic E-state index is 0.694. The van der Waals surface area contributed by atoms with Crippen molar-refractivity contribution in [2.24, 2.45) is 0 Å². The molecular formula is C7H17NO. The summed E-state index contributed by atoms with van der Waals surface area (Å²) in [5, 5.41) is 0. The van der Waals surface area contributed by atoms with Gasteiger partial charge in [0.2, 0.25) is 0 Å². The Morgan fingerprint density at radius 1 is 1.22 bits per heavy atom. The van der Waals surface area contributed by atoms with Gasteiger partial charge >= 0.3 is 0 Å². The molecule has 1 heterocycles. The van der Waals surface area contributed by atoms with E-state index in [1.54, 1.807) is 0 Å². The highest BCUT2D eigenvalue weighted by Gasteiger charge is 2.19. The maximum absolute atomic E-state index is 4.95. The molecule has 0 bridgehead atoms. The van der Waals surface area contributed by atoms with Gasteiger partial charge < -0.3 is 9.64 Å². The van der Waals surface area contributed by atoms with Crippen LogP contribution < -0.4 is 0 Å². The Kier molecular flexibility index (Phi) is 4.72. The van der Waals surface area contributed by atoms with Crippen molar-refractivity contribution in [3.8, 4) is 0 Å². The first-order chi connectivity index (χ1) is 4.30. The zero-order valence-electron chi connectivity index (χ0n) is 6.85. The lowest BCUT2D eigenvalue weighted by Crippen LogP contribution is -2.44. The van der Waals surface area contributed by atoms with Gasteiger partial charge in [0.05, 0.1) is 19.3 Å². The fourth-order valence-electron chi connectivity index (χ4n) is 0.521. The molecule has 0 aliphatic carbocycles. The van der Waals surface area contributed by atoms with Crippen LogP contribution in [0, 0.1) is 0 Å².